The van der Waals surface area contributed by atoms with Crippen LogP contribution >= 0.6 is 0 Å². The van der Waals surface area contributed by atoms with E-state index in [1.807, 2.05) is 16.8 Å². The summed E-state index contributed by atoms with van der Waals surface area (Å²) < 4.78 is 40.7. The van der Waals surface area contributed by atoms with Crippen molar-refractivity contribution in [3.8, 4) is 23.3 Å². The lowest BCUT2D eigenvalue weighted by molar-refractivity contribution is 0.398. The van der Waals surface area contributed by atoms with Crippen molar-refractivity contribution < 1.29 is 17.6 Å². The highest BCUT2D eigenvalue weighted by Crippen LogP contribution is 2.34. The van der Waals surface area contributed by atoms with E-state index in [0.717, 1.165) is 25.8 Å². The minimum Gasteiger partial charge on any atom is -0.495 e. The molecule has 1 aromatic carbocycles. The number of nitrogens with one attached hydrogen (secondary N) is 1. The number of ether oxygens (including phenoxy) is 1. The molecule has 0 spiro atoms. The topological polar surface area (TPSA) is 126 Å². The molecule has 1 N–H and O–H groups in total. The Morgan fingerprint density at radius 2 is 2.12 bits per heavy atom. The summed E-state index contributed by atoms with van der Waals surface area (Å²) in [6.07, 6.45) is 7.80. The second-order valence-electron chi connectivity index (χ2n) is 7.37. The molecule has 3 heterocycles. The third-order valence-electron chi connectivity index (χ3n) is 5.26. The van der Waals surface area contributed by atoms with Gasteiger partial charge in [0.2, 0.25) is 27.5 Å². The largest absolute Gasteiger partial charge is 0.495 e. The summed E-state index contributed by atoms with van der Waals surface area (Å²) >= 11 is 0. The molecular formula is C21H24N6O4S. The van der Waals surface area contributed by atoms with Gasteiger partial charge in [0.25, 0.3) is 0 Å². The first kappa shape index (κ1) is 21.9. The second kappa shape index (κ2) is 9.42. The van der Waals surface area contributed by atoms with Gasteiger partial charge in [-0.05, 0) is 37.5 Å². The smallest absolute Gasteiger partial charge is 0.246 e. The van der Waals surface area contributed by atoms with Crippen LogP contribution < -0.4 is 10.1 Å². The first-order valence-electron chi connectivity index (χ1n) is 10.3. The molecule has 0 amide bonds. The van der Waals surface area contributed by atoms with E-state index >= 15 is 0 Å². The molecule has 0 radical (unpaired) electrons. The van der Waals surface area contributed by atoms with Crippen molar-refractivity contribution >= 4 is 15.9 Å². The molecule has 10 nitrogen and oxygen atoms in total. The summed E-state index contributed by atoms with van der Waals surface area (Å²) in [5.41, 5.74) is 0.564. The lowest BCUT2D eigenvalue weighted by atomic mass is 10.2. The van der Waals surface area contributed by atoms with E-state index in [1.165, 1.54) is 17.5 Å². The number of aryl methyl sites for hydroxylation is 1. The minimum absolute atomic E-state index is 0.0611. The van der Waals surface area contributed by atoms with Gasteiger partial charge in [-0.1, -0.05) is 0 Å². The zero-order valence-electron chi connectivity index (χ0n) is 17.7. The molecule has 2 aromatic heterocycles. The van der Waals surface area contributed by atoms with Gasteiger partial charge >= 0.3 is 0 Å². The molecule has 0 aliphatic carbocycles. The Kier molecular flexibility index (Phi) is 6.43. The molecule has 0 unspecified atom stereocenters. The highest BCUT2D eigenvalue weighted by Gasteiger charge is 2.30. The van der Waals surface area contributed by atoms with Crippen LogP contribution in [0.2, 0.25) is 0 Å². The van der Waals surface area contributed by atoms with Crippen molar-refractivity contribution in [3.63, 3.8) is 0 Å². The van der Waals surface area contributed by atoms with Crippen molar-refractivity contribution in [2.75, 3.05) is 32.1 Å². The van der Waals surface area contributed by atoms with Gasteiger partial charge in [0, 0.05) is 44.1 Å². The number of imidazole rings is 1. The van der Waals surface area contributed by atoms with Gasteiger partial charge in [0.15, 0.2) is 0 Å². The highest BCUT2D eigenvalue weighted by molar-refractivity contribution is 7.89. The normalized spacial score (nSPS) is 14.4. The predicted octanol–water partition coefficient (Wildman–Crippen LogP) is 2.71. The Balaban J connectivity index is 1.56. The van der Waals surface area contributed by atoms with E-state index in [0.29, 0.717) is 25.2 Å². The zero-order chi connectivity index (χ0) is 22.6. The number of benzene rings is 1. The molecule has 32 heavy (non-hydrogen) atoms. The van der Waals surface area contributed by atoms with Crippen LogP contribution in [0.15, 0.2) is 46.2 Å². The molecule has 1 aliphatic heterocycles. The maximum atomic E-state index is 13.1. The number of sulfonamides is 1. The molecule has 0 saturated carbocycles. The summed E-state index contributed by atoms with van der Waals surface area (Å²) in [6.45, 7) is 2.31. The summed E-state index contributed by atoms with van der Waals surface area (Å²) in [4.78, 5) is 8.31. The summed E-state index contributed by atoms with van der Waals surface area (Å²) in [5.74, 6) is 0.678. The van der Waals surface area contributed by atoms with Gasteiger partial charge in [-0.3, -0.25) is 0 Å². The second-order valence-corrected chi connectivity index (χ2v) is 9.27. The van der Waals surface area contributed by atoms with Crippen LogP contribution in [0, 0.1) is 11.3 Å². The van der Waals surface area contributed by atoms with Crippen molar-refractivity contribution in [1.82, 2.24) is 18.8 Å². The quantitative estimate of drug-likeness (QED) is 0.487. The van der Waals surface area contributed by atoms with Crippen LogP contribution in [0.4, 0.5) is 5.88 Å². The molecule has 4 rings (SSSR count). The number of hydrogen-bond donors (Lipinski definition) is 1. The minimum atomic E-state index is -3.71. The first-order chi connectivity index (χ1) is 15.5. The Labute approximate surface area is 186 Å². The molecule has 11 heteroatoms. The monoisotopic (exact) mass is 456 g/mol. The number of hydrogen-bond acceptors (Lipinski definition) is 8. The van der Waals surface area contributed by atoms with Crippen LogP contribution in [0.25, 0.3) is 11.5 Å². The Hall–Kier alpha value is -3.36. The summed E-state index contributed by atoms with van der Waals surface area (Å²) in [5, 5.41) is 12.5. The summed E-state index contributed by atoms with van der Waals surface area (Å²) in [7, 11) is -2.28. The SMILES string of the molecule is COc1ccc(-c2nc(C#N)c(NCCCn3ccnc3)o2)cc1S(=O)(=O)N1CCCC1. The summed E-state index contributed by atoms with van der Waals surface area (Å²) in [6, 6.07) is 6.75. The Morgan fingerprint density at radius 3 is 2.81 bits per heavy atom. The third-order valence-corrected chi connectivity index (χ3v) is 7.18. The van der Waals surface area contributed by atoms with Crippen molar-refractivity contribution in [1.29, 1.82) is 5.26 Å². The maximum Gasteiger partial charge on any atom is 0.246 e. The van der Waals surface area contributed by atoms with Crippen LogP contribution in [-0.4, -0.2) is 54.0 Å². The fourth-order valence-electron chi connectivity index (χ4n) is 3.60. The fraction of sp³-hybridized carbons (Fsp3) is 0.381. The molecule has 0 atom stereocenters. The Bertz CT molecular complexity index is 1210. The van der Waals surface area contributed by atoms with E-state index in [-0.39, 0.29) is 28.1 Å². The molecule has 1 saturated heterocycles. The number of anilines is 1. The van der Waals surface area contributed by atoms with Crippen LogP contribution in [0.3, 0.4) is 0 Å². The van der Waals surface area contributed by atoms with E-state index in [2.05, 4.69) is 15.3 Å². The number of nitrogens with zero attached hydrogens (tertiary/aromatic N) is 5. The first-order valence-corrected chi connectivity index (χ1v) is 11.8. The lowest BCUT2D eigenvalue weighted by Gasteiger charge is -2.18. The van der Waals surface area contributed by atoms with Crippen molar-refractivity contribution in [2.24, 2.45) is 0 Å². The molecule has 1 aliphatic rings. The number of nitriles is 1. The number of oxazole rings is 1. The molecule has 1 fully saturated rings. The number of methoxy groups -OCH3 is 1. The van der Waals surface area contributed by atoms with Gasteiger partial charge in [-0.25, -0.2) is 13.4 Å². The van der Waals surface area contributed by atoms with Crippen molar-refractivity contribution in [2.45, 2.75) is 30.7 Å². The number of aromatic nitrogens is 3. The van der Waals surface area contributed by atoms with E-state index < -0.39 is 10.0 Å². The highest BCUT2D eigenvalue weighted by atomic mass is 32.2. The number of rotatable bonds is 9. The van der Waals surface area contributed by atoms with Crippen LogP contribution in [0.1, 0.15) is 25.0 Å². The van der Waals surface area contributed by atoms with Crippen LogP contribution in [-0.2, 0) is 16.6 Å². The van der Waals surface area contributed by atoms with Crippen molar-refractivity contribution in [3.05, 3.63) is 42.6 Å². The molecule has 0 bridgehead atoms. The van der Waals surface area contributed by atoms with E-state index in [1.54, 1.807) is 24.7 Å². The average Bonchev–Trinajstić information content (AvgIpc) is 3.58. The average molecular weight is 457 g/mol. The van der Waals surface area contributed by atoms with Gasteiger partial charge in [0.1, 0.15) is 16.7 Å². The maximum absolute atomic E-state index is 13.1. The van der Waals surface area contributed by atoms with E-state index in [4.69, 9.17) is 9.15 Å². The van der Waals surface area contributed by atoms with Crippen LogP contribution in [0.5, 0.6) is 5.75 Å². The zero-order valence-corrected chi connectivity index (χ0v) is 18.5. The van der Waals surface area contributed by atoms with Gasteiger partial charge in [0.05, 0.1) is 13.4 Å². The van der Waals surface area contributed by atoms with E-state index in [9.17, 15) is 13.7 Å². The molecule has 3 aromatic rings. The fourth-order valence-corrected chi connectivity index (χ4v) is 5.30. The molecular weight excluding hydrogens is 432 g/mol. The third kappa shape index (κ3) is 4.46. The Morgan fingerprint density at radius 1 is 1.31 bits per heavy atom. The standard InChI is InChI=1S/C21H24N6O4S/c1-30-18-6-5-16(13-19(18)32(28,29)27-10-2-3-11-27)20-25-17(14-22)21(31-20)24-7-4-9-26-12-8-23-15-26/h5-6,8,12-13,15,24H,2-4,7,9-11H2,1H3. The van der Waals surface area contributed by atoms with Gasteiger partial charge in [-0.2, -0.15) is 14.6 Å². The lowest BCUT2D eigenvalue weighted by Crippen LogP contribution is -2.28. The van der Waals surface area contributed by atoms with Gasteiger partial charge in [-0.15, -0.1) is 0 Å². The molecule has 168 valence electrons. The van der Waals surface area contributed by atoms with Gasteiger partial charge < -0.3 is 19.0 Å². The predicted molar refractivity (Wildman–Crippen MR) is 117 cm³/mol.